The molecule has 2 aliphatic rings. The maximum Gasteiger partial charge on any atom is 0.220 e. The lowest BCUT2D eigenvalue weighted by molar-refractivity contribution is -0.121. The lowest BCUT2D eigenvalue weighted by Gasteiger charge is -2.32. The van der Waals surface area contributed by atoms with Crippen LogP contribution in [-0.2, 0) is 4.79 Å². The molecule has 1 amide bonds. The minimum atomic E-state index is 0.231. The quantitative estimate of drug-likeness (QED) is 0.668. The lowest BCUT2D eigenvalue weighted by atomic mass is 10.0. The van der Waals surface area contributed by atoms with Crippen LogP contribution in [0.3, 0.4) is 0 Å². The van der Waals surface area contributed by atoms with E-state index in [1.165, 1.54) is 38.6 Å². The van der Waals surface area contributed by atoms with E-state index in [4.69, 9.17) is 0 Å². The number of amides is 1. The number of carbonyl (C=O) groups is 1. The van der Waals surface area contributed by atoms with Crippen molar-refractivity contribution < 1.29 is 4.79 Å². The molecule has 2 N–H and O–H groups in total. The SMILES string of the molecule is CN1CCCCC1CNCCCC(=O)NC1CC1. The van der Waals surface area contributed by atoms with Gasteiger partial charge in [0, 0.05) is 25.0 Å². The third kappa shape index (κ3) is 4.94. The van der Waals surface area contributed by atoms with Gasteiger partial charge in [0.2, 0.25) is 5.91 Å². The zero-order valence-corrected chi connectivity index (χ0v) is 11.6. The molecule has 2 fully saturated rings. The second-order valence-electron chi connectivity index (χ2n) is 5.78. The predicted molar refractivity (Wildman–Crippen MR) is 73.5 cm³/mol. The molecule has 0 spiro atoms. The lowest BCUT2D eigenvalue weighted by Crippen LogP contribution is -2.43. The number of likely N-dealkylation sites (N-methyl/N-ethyl adjacent to an activating group) is 1. The first-order valence-electron chi connectivity index (χ1n) is 7.46. The molecule has 1 saturated heterocycles. The van der Waals surface area contributed by atoms with Crippen LogP contribution in [0, 0.1) is 0 Å². The number of piperidine rings is 1. The van der Waals surface area contributed by atoms with Crippen molar-refractivity contribution in [3.05, 3.63) is 0 Å². The number of nitrogens with zero attached hydrogens (tertiary/aromatic N) is 1. The van der Waals surface area contributed by atoms with Gasteiger partial charge >= 0.3 is 0 Å². The summed E-state index contributed by atoms with van der Waals surface area (Å²) >= 11 is 0. The molecular formula is C14H27N3O. The summed E-state index contributed by atoms with van der Waals surface area (Å²) in [6.07, 6.45) is 8.00. The molecule has 0 aromatic heterocycles. The molecular weight excluding hydrogens is 226 g/mol. The summed E-state index contributed by atoms with van der Waals surface area (Å²) < 4.78 is 0. The number of likely N-dealkylation sites (tertiary alicyclic amines) is 1. The summed E-state index contributed by atoms with van der Waals surface area (Å²) in [7, 11) is 2.22. The Morgan fingerprint density at radius 2 is 2.11 bits per heavy atom. The fourth-order valence-corrected chi connectivity index (χ4v) is 2.57. The van der Waals surface area contributed by atoms with Crippen LogP contribution < -0.4 is 10.6 Å². The van der Waals surface area contributed by atoms with Crippen LogP contribution >= 0.6 is 0 Å². The van der Waals surface area contributed by atoms with Crippen LogP contribution in [0.4, 0.5) is 0 Å². The highest BCUT2D eigenvalue weighted by molar-refractivity contribution is 5.76. The van der Waals surface area contributed by atoms with E-state index in [2.05, 4.69) is 22.6 Å². The first-order chi connectivity index (χ1) is 8.75. The molecule has 4 nitrogen and oxygen atoms in total. The topological polar surface area (TPSA) is 44.4 Å². The fourth-order valence-electron chi connectivity index (χ4n) is 2.57. The zero-order chi connectivity index (χ0) is 12.8. The number of nitrogens with one attached hydrogen (secondary N) is 2. The van der Waals surface area contributed by atoms with E-state index in [1.54, 1.807) is 0 Å². The van der Waals surface area contributed by atoms with Crippen molar-refractivity contribution in [1.82, 2.24) is 15.5 Å². The third-order valence-electron chi connectivity index (χ3n) is 4.00. The number of rotatable bonds is 7. The Morgan fingerprint density at radius 1 is 1.28 bits per heavy atom. The van der Waals surface area contributed by atoms with Crippen LogP contribution in [0.25, 0.3) is 0 Å². The maximum atomic E-state index is 11.5. The molecule has 1 aliphatic heterocycles. The van der Waals surface area contributed by atoms with Gasteiger partial charge in [-0.15, -0.1) is 0 Å². The van der Waals surface area contributed by atoms with Gasteiger partial charge in [0.1, 0.15) is 0 Å². The summed E-state index contributed by atoms with van der Waals surface area (Å²) in [5.41, 5.74) is 0. The summed E-state index contributed by atoms with van der Waals surface area (Å²) in [4.78, 5) is 13.9. The second kappa shape index (κ2) is 7.10. The van der Waals surface area contributed by atoms with Crippen LogP contribution in [0.15, 0.2) is 0 Å². The van der Waals surface area contributed by atoms with Gasteiger partial charge in [0.25, 0.3) is 0 Å². The van der Waals surface area contributed by atoms with Crippen molar-refractivity contribution in [2.75, 3.05) is 26.7 Å². The molecule has 4 heteroatoms. The van der Waals surface area contributed by atoms with Crippen LogP contribution in [0.5, 0.6) is 0 Å². The first-order valence-corrected chi connectivity index (χ1v) is 7.46. The molecule has 1 unspecified atom stereocenters. The smallest absolute Gasteiger partial charge is 0.220 e. The van der Waals surface area contributed by atoms with E-state index in [-0.39, 0.29) is 5.91 Å². The molecule has 0 aromatic rings. The molecule has 1 saturated carbocycles. The van der Waals surface area contributed by atoms with Gasteiger partial charge in [-0.05, 0) is 52.2 Å². The molecule has 1 atom stereocenters. The van der Waals surface area contributed by atoms with Crippen molar-refractivity contribution >= 4 is 5.91 Å². The molecule has 1 heterocycles. The van der Waals surface area contributed by atoms with Crippen LogP contribution in [-0.4, -0.2) is 49.6 Å². The summed E-state index contributed by atoms with van der Waals surface area (Å²) in [6.45, 7) is 3.26. The van der Waals surface area contributed by atoms with E-state index in [9.17, 15) is 4.79 Å². The Kier molecular flexibility index (Phi) is 5.45. The first kappa shape index (κ1) is 13.8. The van der Waals surface area contributed by atoms with Gasteiger partial charge in [-0.3, -0.25) is 4.79 Å². The van der Waals surface area contributed by atoms with Gasteiger partial charge in [0.15, 0.2) is 0 Å². The highest BCUT2D eigenvalue weighted by Crippen LogP contribution is 2.18. The minimum Gasteiger partial charge on any atom is -0.353 e. The Bertz CT molecular complexity index is 266. The average molecular weight is 253 g/mol. The van der Waals surface area contributed by atoms with E-state index >= 15 is 0 Å². The van der Waals surface area contributed by atoms with Crippen molar-refractivity contribution in [3.63, 3.8) is 0 Å². The van der Waals surface area contributed by atoms with Gasteiger partial charge in [-0.2, -0.15) is 0 Å². The summed E-state index contributed by atoms with van der Waals surface area (Å²) in [5.74, 6) is 0.231. The van der Waals surface area contributed by atoms with Crippen LogP contribution in [0.1, 0.15) is 44.9 Å². The highest BCUT2D eigenvalue weighted by atomic mass is 16.1. The van der Waals surface area contributed by atoms with Crippen molar-refractivity contribution in [3.8, 4) is 0 Å². The molecule has 0 radical (unpaired) electrons. The Morgan fingerprint density at radius 3 is 2.83 bits per heavy atom. The number of hydrogen-bond donors (Lipinski definition) is 2. The standard InChI is InChI=1S/C14H27N3O/c1-17-10-3-2-5-13(17)11-15-9-4-6-14(18)16-12-7-8-12/h12-13,15H,2-11H2,1H3,(H,16,18). The van der Waals surface area contributed by atoms with Crippen molar-refractivity contribution in [2.45, 2.75) is 57.0 Å². The normalized spacial score (nSPS) is 25.1. The molecule has 1 aliphatic carbocycles. The maximum absolute atomic E-state index is 11.5. The molecule has 18 heavy (non-hydrogen) atoms. The average Bonchev–Trinajstić information content (AvgIpc) is 3.15. The van der Waals surface area contributed by atoms with Gasteiger partial charge in [-0.25, -0.2) is 0 Å². The van der Waals surface area contributed by atoms with Crippen molar-refractivity contribution in [2.24, 2.45) is 0 Å². The van der Waals surface area contributed by atoms with Gasteiger partial charge in [0.05, 0.1) is 0 Å². The van der Waals surface area contributed by atoms with E-state index in [0.717, 1.165) is 19.5 Å². The number of hydrogen-bond acceptors (Lipinski definition) is 3. The van der Waals surface area contributed by atoms with Gasteiger partial charge in [-0.1, -0.05) is 6.42 Å². The minimum absolute atomic E-state index is 0.231. The number of carbonyl (C=O) groups excluding carboxylic acids is 1. The monoisotopic (exact) mass is 253 g/mol. The molecule has 0 aromatic carbocycles. The van der Waals surface area contributed by atoms with Crippen LogP contribution in [0.2, 0.25) is 0 Å². The summed E-state index contributed by atoms with van der Waals surface area (Å²) in [5, 5.41) is 6.51. The predicted octanol–water partition coefficient (Wildman–Crippen LogP) is 1.12. The van der Waals surface area contributed by atoms with E-state index < -0.39 is 0 Å². The molecule has 104 valence electrons. The van der Waals surface area contributed by atoms with Gasteiger partial charge < -0.3 is 15.5 Å². The Hall–Kier alpha value is -0.610. The molecule has 2 rings (SSSR count). The highest BCUT2D eigenvalue weighted by Gasteiger charge is 2.22. The Labute approximate surface area is 110 Å². The second-order valence-corrected chi connectivity index (χ2v) is 5.78. The fraction of sp³-hybridized carbons (Fsp3) is 0.929. The third-order valence-corrected chi connectivity index (χ3v) is 4.00. The van der Waals surface area contributed by atoms with Crippen molar-refractivity contribution in [1.29, 1.82) is 0 Å². The Balaban J connectivity index is 1.46. The zero-order valence-electron chi connectivity index (χ0n) is 11.6. The summed E-state index contributed by atoms with van der Waals surface area (Å²) in [6, 6.07) is 1.19. The largest absolute Gasteiger partial charge is 0.353 e. The van der Waals surface area contributed by atoms with E-state index in [0.29, 0.717) is 18.5 Å². The molecule has 0 bridgehead atoms. The van der Waals surface area contributed by atoms with E-state index in [1.807, 2.05) is 0 Å².